The summed E-state index contributed by atoms with van der Waals surface area (Å²) in [7, 11) is 1.85. The Bertz CT molecular complexity index is 1030. The number of esters is 1. The van der Waals surface area contributed by atoms with Crippen LogP contribution in [0.4, 0.5) is 11.4 Å². The number of nitrogens with zero attached hydrogens (tertiary/aromatic N) is 1. The van der Waals surface area contributed by atoms with E-state index in [0.717, 1.165) is 24.2 Å². The van der Waals surface area contributed by atoms with Crippen molar-refractivity contribution in [3.63, 3.8) is 0 Å². The summed E-state index contributed by atoms with van der Waals surface area (Å²) in [5, 5.41) is 3.08. The molecular formula is C29H34N2O3. The van der Waals surface area contributed by atoms with Crippen molar-refractivity contribution in [2.24, 2.45) is 0 Å². The van der Waals surface area contributed by atoms with E-state index in [1.165, 1.54) is 25.7 Å². The highest BCUT2D eigenvalue weighted by molar-refractivity contribution is 6.06. The van der Waals surface area contributed by atoms with Gasteiger partial charge in [0.2, 0.25) is 0 Å². The maximum absolute atomic E-state index is 13.4. The zero-order chi connectivity index (χ0) is 24.2. The van der Waals surface area contributed by atoms with E-state index < -0.39 is 5.97 Å². The molecule has 1 amide bonds. The second kappa shape index (κ2) is 13.2. The Balaban J connectivity index is 1.73. The number of ether oxygens (including phenoxy) is 1. The number of hydrogen-bond acceptors (Lipinski definition) is 4. The SMILES string of the molecule is CCCCCCCCN(C(=O)c1ccc(NC)cc1)c1ccc(C(=O)Oc2ccccc2)cc1. The van der Waals surface area contributed by atoms with Gasteiger partial charge in [-0.1, -0.05) is 57.2 Å². The van der Waals surface area contributed by atoms with Gasteiger partial charge in [-0.2, -0.15) is 0 Å². The van der Waals surface area contributed by atoms with Crippen LogP contribution >= 0.6 is 0 Å². The van der Waals surface area contributed by atoms with Crippen LogP contribution in [0.1, 0.15) is 66.2 Å². The molecule has 178 valence electrons. The van der Waals surface area contributed by atoms with Gasteiger partial charge in [0.25, 0.3) is 5.91 Å². The molecule has 0 heterocycles. The van der Waals surface area contributed by atoms with Crippen LogP contribution in [0.15, 0.2) is 78.9 Å². The van der Waals surface area contributed by atoms with Gasteiger partial charge in [0.15, 0.2) is 0 Å². The fraction of sp³-hybridized carbons (Fsp3) is 0.310. The maximum atomic E-state index is 13.4. The number of benzene rings is 3. The zero-order valence-corrected chi connectivity index (χ0v) is 20.1. The molecule has 5 heteroatoms. The summed E-state index contributed by atoms with van der Waals surface area (Å²) in [5.41, 5.74) is 2.81. The molecule has 0 aliphatic carbocycles. The average molecular weight is 459 g/mol. The molecular weight excluding hydrogens is 424 g/mol. The van der Waals surface area contributed by atoms with Crippen molar-refractivity contribution in [3.8, 4) is 5.75 Å². The van der Waals surface area contributed by atoms with Gasteiger partial charge in [0, 0.05) is 30.5 Å². The molecule has 0 aliphatic rings. The molecule has 1 N–H and O–H groups in total. The first-order valence-electron chi connectivity index (χ1n) is 12.1. The van der Waals surface area contributed by atoms with E-state index in [-0.39, 0.29) is 5.91 Å². The zero-order valence-electron chi connectivity index (χ0n) is 20.1. The molecule has 0 spiro atoms. The molecule has 3 aromatic rings. The van der Waals surface area contributed by atoms with Crippen LogP contribution in [0.2, 0.25) is 0 Å². The molecule has 0 aliphatic heterocycles. The lowest BCUT2D eigenvalue weighted by Crippen LogP contribution is -2.32. The third-order valence-corrected chi connectivity index (χ3v) is 5.77. The van der Waals surface area contributed by atoms with E-state index in [2.05, 4.69) is 12.2 Å². The molecule has 3 aromatic carbocycles. The summed E-state index contributed by atoms with van der Waals surface area (Å²) < 4.78 is 5.43. The number of para-hydroxylation sites is 1. The van der Waals surface area contributed by atoms with Gasteiger partial charge in [0.05, 0.1) is 5.56 Å². The lowest BCUT2D eigenvalue weighted by atomic mass is 10.1. The number of nitrogens with one attached hydrogen (secondary N) is 1. The normalized spacial score (nSPS) is 10.5. The van der Waals surface area contributed by atoms with Crippen molar-refractivity contribution < 1.29 is 14.3 Å². The highest BCUT2D eigenvalue weighted by Gasteiger charge is 2.18. The van der Waals surface area contributed by atoms with Crippen LogP contribution < -0.4 is 15.0 Å². The summed E-state index contributed by atoms with van der Waals surface area (Å²) in [6.45, 7) is 2.84. The lowest BCUT2D eigenvalue weighted by molar-refractivity contribution is 0.0734. The van der Waals surface area contributed by atoms with E-state index in [1.807, 2.05) is 61.6 Å². The summed E-state index contributed by atoms with van der Waals surface area (Å²) in [6.07, 6.45) is 6.89. The van der Waals surface area contributed by atoms with E-state index in [4.69, 9.17) is 4.74 Å². The second-order valence-corrected chi connectivity index (χ2v) is 8.30. The number of carbonyl (C=O) groups excluding carboxylic acids is 2. The minimum Gasteiger partial charge on any atom is -0.423 e. The van der Waals surface area contributed by atoms with Gasteiger partial charge in [-0.3, -0.25) is 4.79 Å². The average Bonchev–Trinajstić information content (AvgIpc) is 2.89. The first-order valence-corrected chi connectivity index (χ1v) is 12.1. The van der Waals surface area contributed by atoms with E-state index in [1.54, 1.807) is 29.2 Å². The summed E-state index contributed by atoms with van der Waals surface area (Å²) in [5.74, 6) is 0.0338. The van der Waals surface area contributed by atoms with Crippen LogP contribution in [-0.4, -0.2) is 25.5 Å². The molecule has 0 bridgehead atoms. The largest absolute Gasteiger partial charge is 0.423 e. The molecule has 0 fully saturated rings. The minimum absolute atomic E-state index is 0.0455. The number of hydrogen-bond donors (Lipinski definition) is 1. The highest BCUT2D eigenvalue weighted by atomic mass is 16.5. The predicted molar refractivity (Wildman–Crippen MR) is 139 cm³/mol. The molecule has 0 saturated carbocycles. The fourth-order valence-corrected chi connectivity index (χ4v) is 3.77. The number of rotatable bonds is 12. The Morgan fingerprint density at radius 3 is 2.03 bits per heavy atom. The highest BCUT2D eigenvalue weighted by Crippen LogP contribution is 2.22. The maximum Gasteiger partial charge on any atom is 0.343 e. The Kier molecular flexibility index (Phi) is 9.71. The summed E-state index contributed by atoms with van der Waals surface area (Å²) >= 11 is 0. The molecule has 34 heavy (non-hydrogen) atoms. The summed E-state index contributed by atoms with van der Waals surface area (Å²) in [6, 6.07) is 23.5. The predicted octanol–water partition coefficient (Wildman–Crippen LogP) is 6.95. The Hall–Kier alpha value is -3.60. The molecule has 0 radical (unpaired) electrons. The monoisotopic (exact) mass is 458 g/mol. The first-order chi connectivity index (χ1) is 16.6. The van der Waals surface area contributed by atoms with Crippen molar-refractivity contribution >= 4 is 23.3 Å². The number of carbonyl (C=O) groups is 2. The first kappa shape index (κ1) is 25.0. The molecule has 0 atom stereocenters. The van der Waals surface area contributed by atoms with Crippen molar-refractivity contribution in [1.82, 2.24) is 0 Å². The van der Waals surface area contributed by atoms with Gasteiger partial charge in [-0.05, 0) is 67.1 Å². The van der Waals surface area contributed by atoms with Gasteiger partial charge < -0.3 is 15.0 Å². The van der Waals surface area contributed by atoms with Gasteiger partial charge in [-0.25, -0.2) is 4.79 Å². The minimum atomic E-state index is -0.422. The second-order valence-electron chi connectivity index (χ2n) is 8.30. The number of anilines is 2. The van der Waals surface area contributed by atoms with Crippen molar-refractivity contribution in [3.05, 3.63) is 90.0 Å². The van der Waals surface area contributed by atoms with Gasteiger partial charge in [0.1, 0.15) is 5.75 Å². The quantitative estimate of drug-likeness (QED) is 0.181. The Morgan fingerprint density at radius 1 is 0.765 bits per heavy atom. The molecule has 0 aromatic heterocycles. The molecule has 0 unspecified atom stereocenters. The fourth-order valence-electron chi connectivity index (χ4n) is 3.77. The Morgan fingerprint density at radius 2 is 1.38 bits per heavy atom. The molecule has 5 nitrogen and oxygen atoms in total. The van der Waals surface area contributed by atoms with Crippen LogP contribution in [0.25, 0.3) is 0 Å². The number of amides is 1. The topological polar surface area (TPSA) is 58.6 Å². The number of unbranched alkanes of at least 4 members (excludes halogenated alkanes) is 5. The molecule has 3 rings (SSSR count). The van der Waals surface area contributed by atoms with Crippen molar-refractivity contribution in [2.75, 3.05) is 23.8 Å². The van der Waals surface area contributed by atoms with Crippen molar-refractivity contribution in [2.45, 2.75) is 45.4 Å². The van der Waals surface area contributed by atoms with Gasteiger partial charge >= 0.3 is 5.97 Å². The van der Waals surface area contributed by atoms with Crippen molar-refractivity contribution in [1.29, 1.82) is 0 Å². The Labute approximate surface area is 202 Å². The lowest BCUT2D eigenvalue weighted by Gasteiger charge is -2.23. The third kappa shape index (κ3) is 7.20. The van der Waals surface area contributed by atoms with Crippen LogP contribution in [0.3, 0.4) is 0 Å². The van der Waals surface area contributed by atoms with Crippen LogP contribution in [0, 0.1) is 0 Å². The van der Waals surface area contributed by atoms with Crippen LogP contribution in [-0.2, 0) is 0 Å². The van der Waals surface area contributed by atoms with E-state index >= 15 is 0 Å². The third-order valence-electron chi connectivity index (χ3n) is 5.77. The summed E-state index contributed by atoms with van der Waals surface area (Å²) in [4.78, 5) is 27.7. The molecule has 0 saturated heterocycles. The van der Waals surface area contributed by atoms with Crippen LogP contribution in [0.5, 0.6) is 5.75 Å². The van der Waals surface area contributed by atoms with E-state index in [9.17, 15) is 9.59 Å². The smallest absolute Gasteiger partial charge is 0.343 e. The van der Waals surface area contributed by atoms with Gasteiger partial charge in [-0.15, -0.1) is 0 Å². The standard InChI is InChI=1S/C29H34N2O3/c1-3-4-5-6-7-11-22-31(28(32)23-14-18-25(30-2)19-15-23)26-20-16-24(17-21-26)29(33)34-27-12-9-8-10-13-27/h8-10,12-21,30H,3-7,11,22H2,1-2H3. The van der Waals surface area contributed by atoms with E-state index in [0.29, 0.717) is 23.4 Å².